The maximum absolute atomic E-state index is 11.6. The highest BCUT2D eigenvalue weighted by Crippen LogP contribution is 2.22. The van der Waals surface area contributed by atoms with Crippen LogP contribution in [0.3, 0.4) is 0 Å². The molecule has 0 aliphatic heterocycles. The fourth-order valence-electron chi connectivity index (χ4n) is 1.86. The molecule has 0 amide bonds. The molecule has 1 aromatic heterocycles. The summed E-state index contributed by atoms with van der Waals surface area (Å²) in [4.78, 5) is 14.3. The second kappa shape index (κ2) is 3.98. The third-order valence-electron chi connectivity index (χ3n) is 2.97. The predicted molar refractivity (Wildman–Crippen MR) is 63.3 cm³/mol. The molecule has 4 heteroatoms. The van der Waals surface area contributed by atoms with Crippen molar-refractivity contribution >= 4 is 0 Å². The standard InChI is InChI=1S/C12H15N3O/c1-12(9-13,10-5-3-2-4-6-10)15-8-7-14-11(15)16/h2-8H,9,13H2,1H3,(H,14,16). The molecule has 0 spiro atoms. The van der Waals surface area contributed by atoms with Crippen molar-refractivity contribution in [2.75, 3.05) is 6.54 Å². The Balaban J connectivity index is 2.57. The van der Waals surface area contributed by atoms with Crippen LogP contribution in [-0.2, 0) is 5.54 Å². The highest BCUT2D eigenvalue weighted by atomic mass is 16.1. The van der Waals surface area contributed by atoms with Crippen LogP contribution in [0.5, 0.6) is 0 Å². The summed E-state index contributed by atoms with van der Waals surface area (Å²) in [5.74, 6) is 0. The second-order valence-corrected chi connectivity index (χ2v) is 3.98. The van der Waals surface area contributed by atoms with Gasteiger partial charge in [-0.15, -0.1) is 0 Å². The lowest BCUT2D eigenvalue weighted by Gasteiger charge is -2.29. The molecule has 0 aliphatic carbocycles. The lowest BCUT2D eigenvalue weighted by molar-refractivity contribution is 0.393. The first-order valence-corrected chi connectivity index (χ1v) is 5.20. The van der Waals surface area contributed by atoms with Gasteiger partial charge in [-0.25, -0.2) is 4.79 Å². The Bertz CT molecular complexity index is 514. The van der Waals surface area contributed by atoms with Crippen LogP contribution in [0.25, 0.3) is 0 Å². The van der Waals surface area contributed by atoms with Crippen molar-refractivity contribution in [2.24, 2.45) is 5.73 Å². The zero-order chi connectivity index (χ0) is 11.6. The molecule has 0 aliphatic rings. The molecular weight excluding hydrogens is 202 g/mol. The van der Waals surface area contributed by atoms with Gasteiger partial charge in [0.05, 0.1) is 5.54 Å². The fraction of sp³-hybridized carbons (Fsp3) is 0.250. The Morgan fingerprint density at radius 2 is 2.06 bits per heavy atom. The van der Waals surface area contributed by atoms with Crippen LogP contribution >= 0.6 is 0 Å². The van der Waals surface area contributed by atoms with Crippen LogP contribution in [0, 0.1) is 0 Å². The quantitative estimate of drug-likeness (QED) is 0.802. The number of hydrogen-bond donors (Lipinski definition) is 2. The van der Waals surface area contributed by atoms with Gasteiger partial charge < -0.3 is 10.7 Å². The Labute approximate surface area is 93.7 Å². The van der Waals surface area contributed by atoms with Crippen molar-refractivity contribution in [3.63, 3.8) is 0 Å². The molecule has 84 valence electrons. The van der Waals surface area contributed by atoms with Gasteiger partial charge in [0, 0.05) is 18.9 Å². The number of rotatable bonds is 3. The van der Waals surface area contributed by atoms with E-state index in [2.05, 4.69) is 4.98 Å². The summed E-state index contributed by atoms with van der Waals surface area (Å²) in [6.45, 7) is 2.33. The Morgan fingerprint density at radius 3 is 2.56 bits per heavy atom. The van der Waals surface area contributed by atoms with Gasteiger partial charge in [0.25, 0.3) is 0 Å². The topological polar surface area (TPSA) is 63.8 Å². The summed E-state index contributed by atoms with van der Waals surface area (Å²) in [5.41, 5.74) is 6.21. The van der Waals surface area contributed by atoms with E-state index in [9.17, 15) is 4.79 Å². The highest BCUT2D eigenvalue weighted by molar-refractivity contribution is 5.25. The minimum Gasteiger partial charge on any atom is -0.328 e. The number of H-pyrrole nitrogens is 1. The van der Waals surface area contributed by atoms with Gasteiger partial charge >= 0.3 is 5.69 Å². The molecule has 2 rings (SSSR count). The first-order valence-electron chi connectivity index (χ1n) is 5.20. The predicted octanol–water partition coefficient (Wildman–Crippen LogP) is 0.899. The average Bonchev–Trinajstić information content (AvgIpc) is 2.76. The van der Waals surface area contributed by atoms with Crippen LogP contribution in [0.2, 0.25) is 0 Å². The van der Waals surface area contributed by atoms with Gasteiger partial charge in [-0.3, -0.25) is 4.57 Å². The van der Waals surface area contributed by atoms with E-state index in [0.29, 0.717) is 6.54 Å². The Kier molecular flexibility index (Phi) is 2.66. The fourth-order valence-corrected chi connectivity index (χ4v) is 1.86. The SMILES string of the molecule is CC(CN)(c1ccccc1)n1cc[nH]c1=O. The maximum atomic E-state index is 11.6. The summed E-state index contributed by atoms with van der Waals surface area (Å²) in [6, 6.07) is 9.79. The van der Waals surface area contributed by atoms with Crippen molar-refractivity contribution in [3.8, 4) is 0 Å². The normalized spacial score (nSPS) is 14.6. The molecule has 1 heterocycles. The van der Waals surface area contributed by atoms with Crippen molar-refractivity contribution in [3.05, 3.63) is 58.8 Å². The number of hydrogen-bond acceptors (Lipinski definition) is 2. The van der Waals surface area contributed by atoms with E-state index in [-0.39, 0.29) is 5.69 Å². The summed E-state index contributed by atoms with van der Waals surface area (Å²) < 4.78 is 1.63. The summed E-state index contributed by atoms with van der Waals surface area (Å²) in [6.07, 6.45) is 3.35. The molecular formula is C12H15N3O. The van der Waals surface area contributed by atoms with Crippen LogP contribution in [0.4, 0.5) is 0 Å². The molecule has 0 bridgehead atoms. The van der Waals surface area contributed by atoms with Gasteiger partial charge in [0.1, 0.15) is 0 Å². The van der Waals surface area contributed by atoms with E-state index in [1.165, 1.54) is 0 Å². The van der Waals surface area contributed by atoms with Gasteiger partial charge in [-0.05, 0) is 12.5 Å². The van der Waals surface area contributed by atoms with Crippen molar-refractivity contribution in [2.45, 2.75) is 12.5 Å². The molecule has 0 radical (unpaired) electrons. The zero-order valence-electron chi connectivity index (χ0n) is 9.18. The smallest absolute Gasteiger partial charge is 0.326 e. The molecule has 4 nitrogen and oxygen atoms in total. The maximum Gasteiger partial charge on any atom is 0.326 e. The molecule has 0 saturated carbocycles. The molecule has 0 saturated heterocycles. The zero-order valence-corrected chi connectivity index (χ0v) is 9.18. The minimum absolute atomic E-state index is 0.142. The third kappa shape index (κ3) is 1.57. The van der Waals surface area contributed by atoms with Crippen molar-refractivity contribution in [1.82, 2.24) is 9.55 Å². The number of nitrogens with one attached hydrogen (secondary N) is 1. The van der Waals surface area contributed by atoms with Crippen molar-refractivity contribution < 1.29 is 0 Å². The first-order chi connectivity index (χ1) is 7.68. The summed E-state index contributed by atoms with van der Waals surface area (Å²) in [7, 11) is 0. The van der Waals surface area contributed by atoms with Gasteiger partial charge in [0.15, 0.2) is 0 Å². The molecule has 2 aromatic rings. The number of imidazole rings is 1. The minimum atomic E-state index is -0.502. The number of aromatic amines is 1. The number of nitrogens with two attached hydrogens (primary N) is 1. The van der Waals surface area contributed by atoms with Crippen molar-refractivity contribution in [1.29, 1.82) is 0 Å². The monoisotopic (exact) mass is 217 g/mol. The summed E-state index contributed by atoms with van der Waals surface area (Å²) >= 11 is 0. The highest BCUT2D eigenvalue weighted by Gasteiger charge is 2.28. The van der Waals surface area contributed by atoms with Crippen LogP contribution < -0.4 is 11.4 Å². The summed E-state index contributed by atoms with van der Waals surface area (Å²) in [5, 5.41) is 0. The number of aromatic nitrogens is 2. The van der Waals surface area contributed by atoms with Crippen LogP contribution in [0.1, 0.15) is 12.5 Å². The van der Waals surface area contributed by atoms with Crippen LogP contribution in [0.15, 0.2) is 47.5 Å². The molecule has 16 heavy (non-hydrogen) atoms. The largest absolute Gasteiger partial charge is 0.328 e. The average molecular weight is 217 g/mol. The van der Waals surface area contributed by atoms with Gasteiger partial charge in [-0.2, -0.15) is 0 Å². The second-order valence-electron chi connectivity index (χ2n) is 3.98. The molecule has 3 N–H and O–H groups in total. The lowest BCUT2D eigenvalue weighted by Crippen LogP contribution is -2.44. The Hall–Kier alpha value is -1.81. The Morgan fingerprint density at radius 1 is 1.38 bits per heavy atom. The molecule has 1 unspecified atom stereocenters. The van der Waals surface area contributed by atoms with E-state index in [0.717, 1.165) is 5.56 Å². The lowest BCUT2D eigenvalue weighted by atomic mass is 9.92. The van der Waals surface area contributed by atoms with E-state index >= 15 is 0 Å². The van der Waals surface area contributed by atoms with E-state index < -0.39 is 5.54 Å². The number of nitrogens with zero attached hydrogens (tertiary/aromatic N) is 1. The number of benzene rings is 1. The molecule has 0 fully saturated rings. The van der Waals surface area contributed by atoms with E-state index in [1.54, 1.807) is 17.0 Å². The van der Waals surface area contributed by atoms with Gasteiger partial charge in [-0.1, -0.05) is 30.3 Å². The third-order valence-corrected chi connectivity index (χ3v) is 2.97. The van der Waals surface area contributed by atoms with E-state index in [1.807, 2.05) is 37.3 Å². The van der Waals surface area contributed by atoms with E-state index in [4.69, 9.17) is 5.73 Å². The first kappa shape index (κ1) is 10.7. The molecule has 1 atom stereocenters. The van der Waals surface area contributed by atoms with Crippen LogP contribution in [-0.4, -0.2) is 16.1 Å². The van der Waals surface area contributed by atoms with Gasteiger partial charge in [0.2, 0.25) is 0 Å². The molecule has 1 aromatic carbocycles.